The third kappa shape index (κ3) is 13.1. The molecule has 0 saturated heterocycles. The minimum Gasteiger partial charge on any atom is -0.545 e. The third-order valence-corrected chi connectivity index (χ3v) is 10.2. The number of fused-ring (bicyclic) bond motifs is 8. The first kappa shape index (κ1) is 46.3. The monoisotopic (exact) mass is 638 g/mol. The molecule has 0 aromatic heterocycles. The summed E-state index contributed by atoms with van der Waals surface area (Å²) < 4.78 is 30.0. The fourth-order valence-electron chi connectivity index (χ4n) is 9.07. The van der Waals surface area contributed by atoms with E-state index in [9.17, 15) is 0 Å². The van der Waals surface area contributed by atoms with Crippen LogP contribution in [0.5, 0.6) is 0 Å². The molecule has 6 fully saturated rings. The Balaban J connectivity index is -0.000000228. The first-order valence-electron chi connectivity index (χ1n) is 14.2. The Morgan fingerprint density at radius 2 is 0.425 bits per heavy atom. The Morgan fingerprint density at radius 1 is 0.325 bits per heavy atom. The van der Waals surface area contributed by atoms with Gasteiger partial charge in [-0.3, -0.25) is 13.6 Å². The van der Waals surface area contributed by atoms with Gasteiger partial charge in [-0.15, -0.1) is 0 Å². The van der Waals surface area contributed by atoms with Gasteiger partial charge < -0.3 is 9.59 Å². The van der Waals surface area contributed by atoms with Gasteiger partial charge in [0.1, 0.15) is 0 Å². The van der Waals surface area contributed by atoms with E-state index in [-0.39, 0.29) is 34.1 Å². The van der Waals surface area contributed by atoms with Crippen molar-refractivity contribution < 1.29 is 62.3 Å². The van der Waals surface area contributed by atoms with E-state index in [1.165, 1.54) is 60.2 Å². The molecule has 8 atom stereocenters. The molecule has 0 bridgehead atoms. The summed E-state index contributed by atoms with van der Waals surface area (Å²) in [6.07, 6.45) is 28.1. The van der Waals surface area contributed by atoms with Crippen LogP contribution >= 0.6 is 0 Å². The summed E-state index contributed by atoms with van der Waals surface area (Å²) in [4.78, 5) is 15.5. The molecular formula is C32H46Fe2O6. The first-order valence-corrected chi connectivity index (χ1v) is 14.2. The maximum atomic E-state index is 7.75. The molecule has 0 aromatic carbocycles. The summed E-state index contributed by atoms with van der Waals surface area (Å²) in [6, 6.07) is 0. The number of rotatable bonds is 0. The second-order valence-electron chi connectivity index (χ2n) is 11.2. The third-order valence-electron chi connectivity index (χ3n) is 10.2. The van der Waals surface area contributed by atoms with E-state index in [1.807, 2.05) is 0 Å². The standard InChI is InChI=1S/2C13H22.2CHO.4CO.2Fe/c2*1-2-6-10-11(7-3-1)13-9-5-4-8-12(10)13;6*1-2;;/h2*10-13H,1-9H2;2*1H;;;;;;/q;;2*-1;;;;;;+2. The zero-order valence-corrected chi connectivity index (χ0v) is 25.9. The summed E-state index contributed by atoms with van der Waals surface area (Å²) in [5.74, 6) is 9.52. The Hall–Kier alpha value is -0.661. The molecular weight excluding hydrogens is 592 g/mol. The molecule has 0 aliphatic heterocycles. The van der Waals surface area contributed by atoms with E-state index in [0.717, 1.165) is 0 Å². The van der Waals surface area contributed by atoms with Gasteiger partial charge in [0.05, 0.1) is 0 Å². The molecule has 6 saturated carbocycles. The molecule has 6 rings (SSSR count). The van der Waals surface area contributed by atoms with Crippen LogP contribution in [0, 0.1) is 73.9 Å². The second-order valence-corrected chi connectivity index (χ2v) is 11.2. The van der Waals surface area contributed by atoms with Crippen LogP contribution in [-0.4, -0.2) is 13.6 Å². The maximum absolute atomic E-state index is 7.75. The number of hydrogen-bond acceptors (Lipinski definition) is 2. The van der Waals surface area contributed by atoms with Crippen molar-refractivity contribution in [2.45, 2.75) is 116 Å². The van der Waals surface area contributed by atoms with Crippen LogP contribution < -0.4 is 0 Å². The summed E-state index contributed by atoms with van der Waals surface area (Å²) in [5.41, 5.74) is 0. The van der Waals surface area contributed by atoms with Crippen molar-refractivity contribution in [2.24, 2.45) is 47.3 Å². The van der Waals surface area contributed by atoms with Crippen LogP contribution in [0.1, 0.15) is 116 Å². The van der Waals surface area contributed by atoms with Crippen molar-refractivity contribution in [1.29, 1.82) is 0 Å². The molecule has 8 unspecified atom stereocenters. The Bertz CT molecular complexity index is 559. The van der Waals surface area contributed by atoms with E-state index in [0.29, 0.717) is 0 Å². The van der Waals surface area contributed by atoms with Crippen LogP contribution in [0.4, 0.5) is 0 Å². The topological polar surface area (TPSA) is 114 Å². The Kier molecular flexibility index (Phi) is 36.2. The van der Waals surface area contributed by atoms with Crippen molar-refractivity contribution in [3.8, 4) is 0 Å². The minimum absolute atomic E-state index is 0. The molecule has 0 heterocycles. The maximum Gasteiger partial charge on any atom is 2.00 e. The fourth-order valence-corrected chi connectivity index (χ4v) is 9.07. The van der Waals surface area contributed by atoms with Gasteiger partial charge in [-0.2, -0.15) is 0 Å². The largest absolute Gasteiger partial charge is 2.00 e. The average Bonchev–Trinajstić information content (AvgIpc) is 3.38. The van der Waals surface area contributed by atoms with Crippen LogP contribution in [0.25, 0.3) is 0 Å². The van der Waals surface area contributed by atoms with Gasteiger partial charge >= 0.3 is 62.3 Å². The predicted octanol–water partition coefficient (Wildman–Crippen LogP) is 7.30. The molecule has 0 amide bonds. The Morgan fingerprint density at radius 3 is 0.550 bits per heavy atom. The molecule has 6 nitrogen and oxygen atoms in total. The van der Waals surface area contributed by atoms with E-state index >= 15 is 0 Å². The van der Waals surface area contributed by atoms with Crippen LogP contribution in [0.2, 0.25) is 0 Å². The van der Waals surface area contributed by atoms with Gasteiger partial charge in [0.2, 0.25) is 0 Å². The fraction of sp³-hybridized carbons (Fsp3) is 0.812. The zero-order valence-electron chi connectivity index (χ0n) is 23.7. The van der Waals surface area contributed by atoms with E-state index in [4.69, 9.17) is 28.2 Å². The van der Waals surface area contributed by atoms with Crippen molar-refractivity contribution in [3.05, 3.63) is 26.6 Å². The summed E-state index contributed by atoms with van der Waals surface area (Å²) in [5, 5.41) is 0. The normalized spacial score (nSPS) is 32.8. The first-order chi connectivity index (χ1) is 18.9. The molecule has 0 N–H and O–H groups in total. The van der Waals surface area contributed by atoms with Crippen molar-refractivity contribution in [2.75, 3.05) is 0 Å². The number of hydrogen-bond donors (Lipinski definition) is 0. The van der Waals surface area contributed by atoms with Gasteiger partial charge in [-0.1, -0.05) is 64.2 Å². The zero-order chi connectivity index (χ0) is 29.3. The van der Waals surface area contributed by atoms with Crippen molar-refractivity contribution in [1.82, 2.24) is 0 Å². The molecule has 226 valence electrons. The average molecular weight is 638 g/mol. The molecule has 6 aliphatic rings. The smallest absolute Gasteiger partial charge is 0.545 e. The Labute approximate surface area is 264 Å². The molecule has 40 heavy (non-hydrogen) atoms. The van der Waals surface area contributed by atoms with E-state index < -0.39 is 0 Å². The summed E-state index contributed by atoms with van der Waals surface area (Å²) in [6.45, 7) is 24.5. The quantitative estimate of drug-likeness (QED) is 0.120. The molecule has 6 aliphatic carbocycles. The molecule has 0 radical (unpaired) electrons. The molecule has 0 spiro atoms. The van der Waals surface area contributed by atoms with Crippen LogP contribution in [0.3, 0.4) is 0 Å². The SMILES string of the molecule is C1CCC2C(CC1)C1CCCCC21.C1CCC2C(CC1)C1CCCCC21.[C-]#[O+].[C-]#[O+].[C-]#[O+].[C-]#[O+].[CH-]=O.[CH-]=O.[Fe+2].[Fe]. The molecule has 8 heteroatoms. The van der Waals surface area contributed by atoms with Gasteiger partial charge in [0.15, 0.2) is 0 Å². The van der Waals surface area contributed by atoms with Gasteiger partial charge in [-0.25, -0.2) is 0 Å². The minimum atomic E-state index is 0. The van der Waals surface area contributed by atoms with Gasteiger partial charge in [0, 0.05) is 17.1 Å². The van der Waals surface area contributed by atoms with Crippen molar-refractivity contribution >= 4 is 13.6 Å². The van der Waals surface area contributed by atoms with Gasteiger partial charge in [0.25, 0.3) is 0 Å². The predicted molar refractivity (Wildman–Crippen MR) is 140 cm³/mol. The summed E-state index contributed by atoms with van der Waals surface area (Å²) in [7, 11) is 0. The van der Waals surface area contributed by atoms with Crippen LogP contribution in [-0.2, 0) is 62.3 Å². The molecule has 0 aromatic rings. The van der Waals surface area contributed by atoms with Gasteiger partial charge in [-0.05, 0) is 98.7 Å². The second kappa shape index (κ2) is 31.3. The van der Waals surface area contributed by atoms with E-state index in [2.05, 4.69) is 40.2 Å². The summed E-state index contributed by atoms with van der Waals surface area (Å²) >= 11 is 0. The number of carbonyl (C=O) groups excluding carboxylic acids is 2. The van der Waals surface area contributed by atoms with Crippen LogP contribution in [0.15, 0.2) is 0 Å². The van der Waals surface area contributed by atoms with E-state index in [1.54, 1.807) is 103 Å². The van der Waals surface area contributed by atoms with Crippen molar-refractivity contribution in [3.63, 3.8) is 0 Å².